The SMILES string of the molecule is Cc1cccc(-c2nc3cc4c(cc3cc2CN2CC[C@@](O)(CO)C2)CCC4)c1. The van der Waals surface area contributed by atoms with Crippen LogP contribution < -0.4 is 0 Å². The van der Waals surface area contributed by atoms with E-state index < -0.39 is 5.60 Å². The molecule has 0 bridgehead atoms. The number of aliphatic hydroxyl groups excluding tert-OH is 1. The van der Waals surface area contributed by atoms with E-state index in [4.69, 9.17) is 4.98 Å². The summed E-state index contributed by atoms with van der Waals surface area (Å²) in [6, 6.07) is 15.4. The van der Waals surface area contributed by atoms with Gasteiger partial charge in [0.25, 0.3) is 0 Å². The van der Waals surface area contributed by atoms with Crippen LogP contribution in [-0.2, 0) is 19.4 Å². The minimum atomic E-state index is -0.978. The highest BCUT2D eigenvalue weighted by atomic mass is 16.3. The van der Waals surface area contributed by atoms with E-state index in [1.165, 1.54) is 34.1 Å². The summed E-state index contributed by atoms with van der Waals surface area (Å²) in [4.78, 5) is 7.35. The van der Waals surface area contributed by atoms with Crippen molar-refractivity contribution in [3.05, 3.63) is 64.7 Å². The lowest BCUT2D eigenvalue weighted by Crippen LogP contribution is -2.36. The average molecular weight is 389 g/mol. The molecule has 3 aromatic rings. The number of rotatable bonds is 4. The molecule has 4 nitrogen and oxygen atoms in total. The van der Waals surface area contributed by atoms with E-state index in [2.05, 4.69) is 54.3 Å². The summed E-state index contributed by atoms with van der Waals surface area (Å²) in [7, 11) is 0. The zero-order chi connectivity index (χ0) is 20.0. The number of hydrogen-bond donors (Lipinski definition) is 2. The van der Waals surface area contributed by atoms with Crippen LogP contribution in [0.1, 0.15) is 35.1 Å². The normalized spacial score (nSPS) is 21.8. The monoisotopic (exact) mass is 388 g/mol. The number of nitrogens with zero attached hydrogens (tertiary/aromatic N) is 2. The molecule has 2 aromatic carbocycles. The molecule has 5 rings (SSSR count). The highest BCUT2D eigenvalue weighted by molar-refractivity contribution is 5.85. The summed E-state index contributed by atoms with van der Waals surface area (Å²) in [5.74, 6) is 0. The largest absolute Gasteiger partial charge is 0.393 e. The van der Waals surface area contributed by atoms with Crippen molar-refractivity contribution in [2.75, 3.05) is 19.7 Å². The first-order chi connectivity index (χ1) is 14.0. The molecule has 1 atom stereocenters. The lowest BCUT2D eigenvalue weighted by molar-refractivity contribution is -0.00579. The number of fused-ring (bicyclic) bond motifs is 2. The van der Waals surface area contributed by atoms with Crippen LogP contribution in [0.5, 0.6) is 0 Å². The average Bonchev–Trinajstić information content (AvgIpc) is 3.32. The molecule has 1 aliphatic heterocycles. The number of aromatic nitrogens is 1. The Morgan fingerprint density at radius 3 is 2.69 bits per heavy atom. The molecule has 0 unspecified atom stereocenters. The minimum Gasteiger partial charge on any atom is -0.393 e. The van der Waals surface area contributed by atoms with Crippen LogP contribution in [0.2, 0.25) is 0 Å². The molecule has 2 N–H and O–H groups in total. The van der Waals surface area contributed by atoms with Gasteiger partial charge in [0.1, 0.15) is 5.60 Å². The van der Waals surface area contributed by atoms with Crippen molar-refractivity contribution in [1.82, 2.24) is 9.88 Å². The van der Waals surface area contributed by atoms with Crippen molar-refractivity contribution < 1.29 is 10.2 Å². The number of hydrogen-bond acceptors (Lipinski definition) is 4. The third kappa shape index (κ3) is 3.57. The molecule has 2 heterocycles. The molecule has 0 amide bonds. The van der Waals surface area contributed by atoms with Gasteiger partial charge in [-0.1, -0.05) is 23.8 Å². The zero-order valence-corrected chi connectivity index (χ0v) is 17.0. The number of benzene rings is 2. The second kappa shape index (κ2) is 7.21. The summed E-state index contributed by atoms with van der Waals surface area (Å²) < 4.78 is 0. The van der Waals surface area contributed by atoms with E-state index in [9.17, 15) is 10.2 Å². The van der Waals surface area contributed by atoms with Crippen LogP contribution in [0.4, 0.5) is 0 Å². The summed E-state index contributed by atoms with van der Waals surface area (Å²) in [6.07, 6.45) is 4.16. The standard InChI is InChI=1S/C25H28N2O2/c1-17-4-2-7-20(10-17)24-22(14-27-9-8-25(29,15-27)16-28)12-21-11-18-5-3-6-19(18)13-23(21)26-24/h2,4,7,10-13,28-29H,3,5-6,8-9,14-16H2,1H3/t25-/m0/s1. The highest BCUT2D eigenvalue weighted by Crippen LogP contribution is 2.32. The van der Waals surface area contributed by atoms with Crippen LogP contribution in [-0.4, -0.2) is 45.4 Å². The Kier molecular flexibility index (Phi) is 4.66. The van der Waals surface area contributed by atoms with Gasteiger partial charge in [-0.3, -0.25) is 4.90 Å². The number of pyridine rings is 1. The van der Waals surface area contributed by atoms with Crippen molar-refractivity contribution in [2.45, 2.75) is 44.8 Å². The number of likely N-dealkylation sites (tertiary alicyclic amines) is 1. The molecule has 1 saturated heterocycles. The molecular formula is C25H28N2O2. The minimum absolute atomic E-state index is 0.184. The molecular weight excluding hydrogens is 360 g/mol. The summed E-state index contributed by atoms with van der Waals surface area (Å²) in [5.41, 5.74) is 7.57. The first kappa shape index (κ1) is 18.7. The van der Waals surface area contributed by atoms with Gasteiger partial charge in [-0.15, -0.1) is 0 Å². The lowest BCUT2D eigenvalue weighted by Gasteiger charge is -2.22. The maximum absolute atomic E-state index is 10.4. The Balaban J connectivity index is 1.60. The van der Waals surface area contributed by atoms with Crippen molar-refractivity contribution in [3.63, 3.8) is 0 Å². The van der Waals surface area contributed by atoms with Gasteiger partial charge in [-0.2, -0.15) is 0 Å². The van der Waals surface area contributed by atoms with Crippen LogP contribution in [0, 0.1) is 6.92 Å². The van der Waals surface area contributed by atoms with Crippen LogP contribution in [0.15, 0.2) is 42.5 Å². The summed E-state index contributed by atoms with van der Waals surface area (Å²) in [5, 5.41) is 21.2. The van der Waals surface area contributed by atoms with Gasteiger partial charge in [-0.25, -0.2) is 4.98 Å². The van der Waals surface area contributed by atoms with Gasteiger partial charge in [0, 0.05) is 30.6 Å². The van der Waals surface area contributed by atoms with Crippen molar-refractivity contribution in [1.29, 1.82) is 0 Å². The zero-order valence-electron chi connectivity index (χ0n) is 17.0. The Morgan fingerprint density at radius 1 is 1.10 bits per heavy atom. The quantitative estimate of drug-likeness (QED) is 0.717. The first-order valence-corrected chi connectivity index (χ1v) is 10.6. The van der Waals surface area contributed by atoms with Crippen LogP contribution in [0.3, 0.4) is 0 Å². The predicted molar refractivity (Wildman–Crippen MR) is 116 cm³/mol. The van der Waals surface area contributed by atoms with Gasteiger partial charge in [0.05, 0.1) is 17.8 Å². The van der Waals surface area contributed by atoms with E-state index in [1.54, 1.807) is 0 Å². The maximum atomic E-state index is 10.4. The van der Waals surface area contributed by atoms with E-state index in [0.717, 1.165) is 42.7 Å². The molecule has 1 aliphatic carbocycles. The fourth-order valence-electron chi connectivity index (χ4n) is 4.90. The Hall–Kier alpha value is -2.27. The first-order valence-electron chi connectivity index (χ1n) is 10.6. The molecule has 1 aromatic heterocycles. The molecule has 2 aliphatic rings. The summed E-state index contributed by atoms with van der Waals surface area (Å²) in [6.45, 7) is 3.94. The fraction of sp³-hybridized carbons (Fsp3) is 0.400. The van der Waals surface area contributed by atoms with Gasteiger partial charge in [0.2, 0.25) is 0 Å². The number of aryl methyl sites for hydroxylation is 3. The Morgan fingerprint density at radius 2 is 1.93 bits per heavy atom. The Labute approximate surface area is 171 Å². The van der Waals surface area contributed by atoms with Crippen molar-refractivity contribution in [3.8, 4) is 11.3 Å². The number of β-amino-alcohol motifs (C(OH)–C–C–N with tert-alkyl or cyclic N) is 1. The van der Waals surface area contributed by atoms with Crippen molar-refractivity contribution in [2.24, 2.45) is 0 Å². The summed E-state index contributed by atoms with van der Waals surface area (Å²) >= 11 is 0. The van der Waals surface area contributed by atoms with E-state index in [-0.39, 0.29) is 6.61 Å². The topological polar surface area (TPSA) is 56.6 Å². The molecule has 0 spiro atoms. The highest BCUT2D eigenvalue weighted by Gasteiger charge is 2.35. The third-order valence-corrected chi connectivity index (χ3v) is 6.50. The van der Waals surface area contributed by atoms with E-state index in [1.807, 2.05) is 0 Å². The third-order valence-electron chi connectivity index (χ3n) is 6.50. The molecule has 0 saturated carbocycles. The van der Waals surface area contributed by atoms with Crippen molar-refractivity contribution >= 4 is 10.9 Å². The molecule has 1 fully saturated rings. The van der Waals surface area contributed by atoms with Crippen LogP contribution >= 0.6 is 0 Å². The number of aliphatic hydroxyl groups is 2. The molecule has 0 radical (unpaired) electrons. The molecule has 150 valence electrons. The lowest BCUT2D eigenvalue weighted by atomic mass is 9.99. The van der Waals surface area contributed by atoms with E-state index in [0.29, 0.717) is 13.0 Å². The maximum Gasteiger partial charge on any atom is 0.102 e. The van der Waals surface area contributed by atoms with Gasteiger partial charge < -0.3 is 10.2 Å². The second-order valence-electron chi connectivity index (χ2n) is 8.88. The smallest absolute Gasteiger partial charge is 0.102 e. The van der Waals surface area contributed by atoms with Gasteiger partial charge in [-0.05, 0) is 73.6 Å². The van der Waals surface area contributed by atoms with E-state index >= 15 is 0 Å². The predicted octanol–water partition coefficient (Wildman–Crippen LogP) is 3.63. The second-order valence-corrected chi connectivity index (χ2v) is 8.88. The molecule has 4 heteroatoms. The fourth-order valence-corrected chi connectivity index (χ4v) is 4.90. The van der Waals surface area contributed by atoms with Gasteiger partial charge in [0.15, 0.2) is 0 Å². The van der Waals surface area contributed by atoms with Crippen LogP contribution in [0.25, 0.3) is 22.2 Å². The molecule has 29 heavy (non-hydrogen) atoms. The Bertz CT molecular complexity index is 1080. The van der Waals surface area contributed by atoms with Gasteiger partial charge >= 0.3 is 0 Å².